The van der Waals surface area contributed by atoms with Crippen LogP contribution in [0.3, 0.4) is 0 Å². The number of rotatable bonds is 14. The monoisotopic (exact) mass is 649 g/mol. The Bertz CT molecular complexity index is 2060. The zero-order valence-electron chi connectivity index (χ0n) is 26.5. The van der Waals surface area contributed by atoms with Gasteiger partial charge >= 0.3 is 0 Å². The Labute approximate surface area is 275 Å². The predicted molar refractivity (Wildman–Crippen MR) is 189 cm³/mol. The Balaban J connectivity index is 1.09. The van der Waals surface area contributed by atoms with Crippen molar-refractivity contribution in [3.05, 3.63) is 138 Å². The van der Waals surface area contributed by atoms with Crippen molar-refractivity contribution in [2.75, 3.05) is 37.4 Å². The van der Waals surface area contributed by atoms with Crippen LogP contribution in [0.5, 0.6) is 11.5 Å². The average molecular weight is 650 g/mol. The first-order valence-corrected chi connectivity index (χ1v) is 17.4. The second kappa shape index (κ2) is 14.3. The van der Waals surface area contributed by atoms with E-state index in [1.54, 1.807) is 31.4 Å². The maximum absolute atomic E-state index is 12.6. The Hall–Kier alpha value is -4.83. The standard InChI is InChI=1S/C38H39N3O5S/c1-45-32-16-18-34-35-23-33(17-19-36(35)40(37(34)24-32)26-28-10-5-3-6-11-28)46-21-20-39-25-38(42)30-14-9-15-31(22-30)41(47(2,43)44)27-29-12-7-4-8-13-29/h3-19,22-24,38-39,42H,20-21,25-27H2,1-2H3/t38-/m0/s1. The highest BCUT2D eigenvalue weighted by Crippen LogP contribution is 2.34. The van der Waals surface area contributed by atoms with E-state index in [4.69, 9.17) is 9.47 Å². The minimum Gasteiger partial charge on any atom is -0.497 e. The van der Waals surface area contributed by atoms with Crippen LogP contribution < -0.4 is 19.1 Å². The summed E-state index contributed by atoms with van der Waals surface area (Å²) >= 11 is 0. The molecule has 0 aliphatic carbocycles. The zero-order chi connectivity index (χ0) is 32.8. The molecule has 0 saturated heterocycles. The van der Waals surface area contributed by atoms with Gasteiger partial charge < -0.3 is 24.5 Å². The number of nitrogens with one attached hydrogen (secondary N) is 1. The van der Waals surface area contributed by atoms with Crippen molar-refractivity contribution in [1.82, 2.24) is 9.88 Å². The van der Waals surface area contributed by atoms with E-state index < -0.39 is 16.1 Å². The van der Waals surface area contributed by atoms with Crippen LogP contribution >= 0.6 is 0 Å². The topological polar surface area (TPSA) is 93.0 Å². The lowest BCUT2D eigenvalue weighted by molar-refractivity contribution is 0.172. The first-order chi connectivity index (χ1) is 22.8. The van der Waals surface area contributed by atoms with Gasteiger partial charge in [0.1, 0.15) is 18.1 Å². The van der Waals surface area contributed by atoms with E-state index in [0.717, 1.165) is 45.4 Å². The van der Waals surface area contributed by atoms with Gasteiger partial charge in [-0.2, -0.15) is 0 Å². The molecule has 0 bridgehead atoms. The maximum atomic E-state index is 12.6. The number of methoxy groups -OCH3 is 1. The van der Waals surface area contributed by atoms with Gasteiger partial charge in [-0.25, -0.2) is 8.42 Å². The molecular formula is C38H39N3O5S. The van der Waals surface area contributed by atoms with Gasteiger partial charge in [0, 0.05) is 42.0 Å². The van der Waals surface area contributed by atoms with Crippen LogP contribution in [-0.2, 0) is 23.1 Å². The van der Waals surface area contributed by atoms with Crippen LogP contribution in [0.15, 0.2) is 121 Å². The van der Waals surface area contributed by atoms with Crippen LogP contribution in [0.1, 0.15) is 22.8 Å². The lowest BCUT2D eigenvalue weighted by Gasteiger charge is -2.24. The van der Waals surface area contributed by atoms with Crippen LogP contribution in [0.25, 0.3) is 21.8 Å². The van der Waals surface area contributed by atoms with Crippen molar-refractivity contribution in [1.29, 1.82) is 0 Å². The summed E-state index contributed by atoms with van der Waals surface area (Å²) in [5.41, 5.74) is 5.45. The van der Waals surface area contributed by atoms with Crippen molar-refractivity contribution in [2.24, 2.45) is 0 Å². The molecule has 0 amide bonds. The molecule has 0 fully saturated rings. The van der Waals surface area contributed by atoms with Gasteiger partial charge in [-0.1, -0.05) is 72.8 Å². The Morgan fingerprint density at radius 2 is 1.51 bits per heavy atom. The lowest BCUT2D eigenvalue weighted by Crippen LogP contribution is -2.29. The second-order valence-corrected chi connectivity index (χ2v) is 13.5. The van der Waals surface area contributed by atoms with E-state index in [-0.39, 0.29) is 13.1 Å². The summed E-state index contributed by atoms with van der Waals surface area (Å²) in [6.45, 7) is 2.17. The van der Waals surface area contributed by atoms with Gasteiger partial charge in [0.2, 0.25) is 10.0 Å². The van der Waals surface area contributed by atoms with E-state index in [9.17, 15) is 13.5 Å². The van der Waals surface area contributed by atoms with Gasteiger partial charge in [0.15, 0.2) is 0 Å². The molecule has 8 nitrogen and oxygen atoms in total. The van der Waals surface area contributed by atoms with Gasteiger partial charge in [-0.15, -0.1) is 0 Å². The maximum Gasteiger partial charge on any atom is 0.232 e. The summed E-state index contributed by atoms with van der Waals surface area (Å²) in [5, 5.41) is 16.4. The molecule has 47 heavy (non-hydrogen) atoms. The number of benzene rings is 5. The number of anilines is 1. The molecule has 0 saturated carbocycles. The molecule has 0 spiro atoms. The third-order valence-electron chi connectivity index (χ3n) is 8.23. The normalized spacial score (nSPS) is 12.3. The third kappa shape index (κ3) is 7.60. The molecule has 242 valence electrons. The summed E-state index contributed by atoms with van der Waals surface area (Å²) in [5.74, 6) is 1.58. The summed E-state index contributed by atoms with van der Waals surface area (Å²) < 4.78 is 40.6. The number of hydrogen-bond donors (Lipinski definition) is 2. The Kier molecular flexibility index (Phi) is 9.77. The van der Waals surface area contributed by atoms with Crippen molar-refractivity contribution in [3.63, 3.8) is 0 Å². The molecule has 0 unspecified atom stereocenters. The van der Waals surface area contributed by atoms with Crippen LogP contribution in [0, 0.1) is 0 Å². The summed E-state index contributed by atoms with van der Waals surface area (Å²) in [6, 6.07) is 39.2. The smallest absolute Gasteiger partial charge is 0.232 e. The molecule has 0 aliphatic heterocycles. The molecule has 5 aromatic carbocycles. The highest BCUT2D eigenvalue weighted by atomic mass is 32.2. The van der Waals surface area contributed by atoms with Crippen LogP contribution in [0.4, 0.5) is 5.69 Å². The molecule has 0 aliphatic rings. The minimum absolute atomic E-state index is 0.211. The number of aliphatic hydroxyl groups excluding tert-OH is 1. The Morgan fingerprint density at radius 3 is 2.23 bits per heavy atom. The number of ether oxygens (including phenoxy) is 2. The second-order valence-electron chi connectivity index (χ2n) is 11.6. The molecule has 9 heteroatoms. The van der Waals surface area contributed by atoms with Gasteiger partial charge in [0.25, 0.3) is 0 Å². The summed E-state index contributed by atoms with van der Waals surface area (Å²) in [4.78, 5) is 0. The highest BCUT2D eigenvalue weighted by Gasteiger charge is 2.19. The number of nitrogens with zero attached hydrogens (tertiary/aromatic N) is 2. The largest absolute Gasteiger partial charge is 0.497 e. The molecule has 1 heterocycles. The van der Waals surface area contributed by atoms with E-state index in [1.165, 1.54) is 16.1 Å². The fourth-order valence-electron chi connectivity index (χ4n) is 5.85. The van der Waals surface area contributed by atoms with Gasteiger partial charge in [-0.3, -0.25) is 4.31 Å². The SMILES string of the molecule is COc1ccc2c3cc(OCCNC[C@H](O)c4cccc(N(Cc5ccccc5)S(C)(=O)=O)c4)ccc3n(Cc3ccccc3)c2c1. The molecule has 2 N–H and O–H groups in total. The van der Waals surface area contributed by atoms with E-state index >= 15 is 0 Å². The number of sulfonamides is 1. The number of fused-ring (bicyclic) bond motifs is 3. The van der Waals surface area contributed by atoms with E-state index in [1.807, 2.05) is 48.5 Å². The summed E-state index contributed by atoms with van der Waals surface area (Å²) in [7, 11) is -1.86. The first-order valence-electron chi connectivity index (χ1n) is 15.6. The molecule has 6 aromatic rings. The van der Waals surface area contributed by atoms with Crippen molar-refractivity contribution in [3.8, 4) is 11.5 Å². The molecule has 1 atom stereocenters. The highest BCUT2D eigenvalue weighted by molar-refractivity contribution is 7.92. The molecule has 1 aromatic heterocycles. The lowest BCUT2D eigenvalue weighted by atomic mass is 10.1. The molecule has 0 radical (unpaired) electrons. The van der Waals surface area contributed by atoms with E-state index in [2.05, 4.69) is 58.4 Å². The Morgan fingerprint density at radius 1 is 0.787 bits per heavy atom. The third-order valence-corrected chi connectivity index (χ3v) is 9.37. The zero-order valence-corrected chi connectivity index (χ0v) is 27.4. The minimum atomic E-state index is -3.54. The molecule has 6 rings (SSSR count). The predicted octanol–water partition coefficient (Wildman–Crippen LogP) is 6.52. The average Bonchev–Trinajstić information content (AvgIpc) is 3.39. The fourth-order valence-corrected chi connectivity index (χ4v) is 6.73. The first kappa shape index (κ1) is 32.1. The van der Waals surface area contributed by atoms with E-state index in [0.29, 0.717) is 24.4 Å². The number of aliphatic hydroxyl groups is 1. The number of hydrogen-bond acceptors (Lipinski definition) is 6. The van der Waals surface area contributed by atoms with Gasteiger partial charge in [-0.05, 0) is 59.2 Å². The van der Waals surface area contributed by atoms with Crippen molar-refractivity contribution >= 4 is 37.5 Å². The quantitative estimate of drug-likeness (QED) is 0.131. The van der Waals surface area contributed by atoms with Crippen LogP contribution in [0.2, 0.25) is 0 Å². The van der Waals surface area contributed by atoms with Crippen molar-refractivity contribution in [2.45, 2.75) is 19.2 Å². The fraction of sp³-hybridized carbons (Fsp3) is 0.211. The molecular weight excluding hydrogens is 611 g/mol. The van der Waals surface area contributed by atoms with Crippen LogP contribution in [-0.4, -0.2) is 51.2 Å². The summed E-state index contributed by atoms with van der Waals surface area (Å²) in [6.07, 6.45) is 0.371. The number of aromatic nitrogens is 1. The van der Waals surface area contributed by atoms with Gasteiger partial charge in [0.05, 0.1) is 37.2 Å². The van der Waals surface area contributed by atoms with Crippen molar-refractivity contribution < 1.29 is 23.0 Å².